The van der Waals surface area contributed by atoms with Crippen molar-refractivity contribution in [1.29, 1.82) is 0 Å². The predicted molar refractivity (Wildman–Crippen MR) is 36.6 cm³/mol. The molecule has 0 aromatic carbocycles. The Morgan fingerprint density at radius 2 is 1.56 bits per heavy atom. The van der Waals surface area contributed by atoms with Gasteiger partial charge in [-0.25, -0.2) is 0 Å². The Hall–Kier alpha value is -0.850. The third-order valence-corrected chi connectivity index (χ3v) is 1.23. The van der Waals surface area contributed by atoms with E-state index in [4.69, 9.17) is 0 Å². The summed E-state index contributed by atoms with van der Waals surface area (Å²) in [4.78, 5) is 0. The minimum Gasteiger partial charge on any atom is -0.193 e. The number of aromatic nitrogens is 1. The lowest BCUT2D eigenvalue weighted by Crippen LogP contribution is -2.35. The molecule has 0 amide bonds. The summed E-state index contributed by atoms with van der Waals surface area (Å²) < 4.78 is 2.08. The fourth-order valence-electron chi connectivity index (χ4n) is 0.697. The number of hydrogen-bond donors (Lipinski definition) is 0. The smallest absolute Gasteiger partial charge is 0.193 e. The lowest BCUT2D eigenvalue weighted by atomic mass is 10.3. The molecule has 47 valence electrons. The predicted octanol–water partition coefficient (Wildman–Crippen LogP) is 1.39. The summed E-state index contributed by atoms with van der Waals surface area (Å²) in [6, 6.07) is 7.34. The summed E-state index contributed by atoms with van der Waals surface area (Å²) in [6.45, 7) is 4.17. The fourth-order valence-corrected chi connectivity index (χ4v) is 0.697. The number of nitrogens with zero attached hydrogens (tertiary/aromatic N) is 1. The summed E-state index contributed by atoms with van der Waals surface area (Å²) in [5.41, 5.74) is 0. The van der Waals surface area contributed by atoms with Gasteiger partial charge in [-0.3, -0.25) is 0 Å². The zero-order valence-corrected chi connectivity index (χ0v) is 5.83. The van der Waals surface area contributed by atoms with Crippen molar-refractivity contribution in [3.63, 3.8) is 0 Å². The van der Waals surface area contributed by atoms with Crippen molar-refractivity contribution in [3.05, 3.63) is 36.6 Å². The molecular weight excluding hydrogens is 110 g/mol. The van der Waals surface area contributed by atoms with Crippen molar-refractivity contribution in [3.8, 4) is 0 Å². The van der Waals surface area contributed by atoms with Crippen molar-refractivity contribution in [2.45, 2.75) is 13.8 Å². The van der Waals surface area contributed by atoms with E-state index in [0.29, 0.717) is 0 Å². The highest BCUT2D eigenvalue weighted by Gasteiger charge is 2.03. The Kier molecular flexibility index (Phi) is 1.83. The second kappa shape index (κ2) is 2.62. The lowest BCUT2D eigenvalue weighted by Gasteiger charge is -1.93. The molecule has 0 spiro atoms. The standard InChI is InChI=1S/C8H11N/c1-8(2)9-6-4-3-5-7-9/h3-7H,1-2H3/q+1. The average molecular weight is 121 g/mol. The first-order chi connectivity index (χ1) is 4.30. The van der Waals surface area contributed by atoms with E-state index in [-0.39, 0.29) is 0 Å². The van der Waals surface area contributed by atoms with E-state index < -0.39 is 0 Å². The van der Waals surface area contributed by atoms with Crippen LogP contribution in [0, 0.1) is 6.04 Å². The van der Waals surface area contributed by atoms with Gasteiger partial charge in [0.05, 0.1) is 0 Å². The minimum absolute atomic E-state index is 1.29. The SMILES string of the molecule is C[C](C)[n+]1ccccc1. The summed E-state index contributed by atoms with van der Waals surface area (Å²) in [5.74, 6) is 0. The van der Waals surface area contributed by atoms with Crippen molar-refractivity contribution >= 4 is 0 Å². The van der Waals surface area contributed by atoms with E-state index in [1.54, 1.807) is 0 Å². The van der Waals surface area contributed by atoms with Gasteiger partial charge < -0.3 is 0 Å². The molecule has 1 radical (unpaired) electrons. The Bertz CT molecular complexity index is 167. The Morgan fingerprint density at radius 1 is 1.00 bits per heavy atom. The van der Waals surface area contributed by atoms with E-state index in [1.807, 2.05) is 30.6 Å². The molecule has 1 heterocycles. The quantitative estimate of drug-likeness (QED) is 0.494. The van der Waals surface area contributed by atoms with Gasteiger partial charge in [-0.15, -0.1) is 0 Å². The van der Waals surface area contributed by atoms with E-state index >= 15 is 0 Å². The highest BCUT2D eigenvalue weighted by Crippen LogP contribution is 1.87. The van der Waals surface area contributed by atoms with Crippen LogP contribution in [0.4, 0.5) is 0 Å². The number of hydrogen-bond acceptors (Lipinski definition) is 0. The van der Waals surface area contributed by atoms with Gasteiger partial charge in [0.1, 0.15) is 0 Å². The first kappa shape index (κ1) is 6.27. The van der Waals surface area contributed by atoms with E-state index in [0.717, 1.165) is 0 Å². The van der Waals surface area contributed by atoms with Gasteiger partial charge in [0.2, 0.25) is 6.04 Å². The molecule has 0 fully saturated rings. The summed E-state index contributed by atoms with van der Waals surface area (Å²) >= 11 is 0. The molecule has 1 heteroatoms. The van der Waals surface area contributed by atoms with Gasteiger partial charge in [0.25, 0.3) is 0 Å². The monoisotopic (exact) mass is 121 g/mol. The molecule has 0 saturated carbocycles. The largest absolute Gasteiger partial charge is 0.225 e. The van der Waals surface area contributed by atoms with Gasteiger partial charge in [-0.05, 0) is 0 Å². The summed E-state index contributed by atoms with van der Waals surface area (Å²) in [5, 5.41) is 0. The van der Waals surface area contributed by atoms with Gasteiger partial charge in [0.15, 0.2) is 12.4 Å². The molecule has 0 N–H and O–H groups in total. The van der Waals surface area contributed by atoms with Crippen LogP contribution in [0.1, 0.15) is 13.8 Å². The van der Waals surface area contributed by atoms with Crippen LogP contribution < -0.4 is 4.57 Å². The highest BCUT2D eigenvalue weighted by molar-refractivity contribution is 4.85. The van der Waals surface area contributed by atoms with Gasteiger partial charge in [0, 0.05) is 26.0 Å². The molecular formula is C8H11N+. The normalized spacial score (nSPS) is 10.1. The molecule has 1 rings (SSSR count). The first-order valence-electron chi connectivity index (χ1n) is 3.07. The maximum Gasteiger partial charge on any atom is 0.225 e. The van der Waals surface area contributed by atoms with Crippen LogP contribution in [-0.2, 0) is 0 Å². The van der Waals surface area contributed by atoms with Gasteiger partial charge in [-0.2, -0.15) is 4.57 Å². The maximum absolute atomic E-state index is 2.08. The number of pyridine rings is 1. The zero-order chi connectivity index (χ0) is 6.69. The Balaban J connectivity index is 2.85. The molecule has 1 nitrogen and oxygen atoms in total. The molecule has 0 aliphatic heterocycles. The van der Waals surface area contributed by atoms with Crippen molar-refractivity contribution in [2.75, 3.05) is 0 Å². The average Bonchev–Trinajstić information content (AvgIpc) is 1.90. The van der Waals surface area contributed by atoms with Crippen LogP contribution in [-0.4, -0.2) is 0 Å². The van der Waals surface area contributed by atoms with E-state index in [2.05, 4.69) is 18.4 Å². The van der Waals surface area contributed by atoms with Crippen molar-refractivity contribution < 1.29 is 4.57 Å². The van der Waals surface area contributed by atoms with Crippen LogP contribution in [0.3, 0.4) is 0 Å². The molecule has 1 aromatic heterocycles. The zero-order valence-electron chi connectivity index (χ0n) is 5.83. The molecule has 9 heavy (non-hydrogen) atoms. The third-order valence-electron chi connectivity index (χ3n) is 1.23. The summed E-state index contributed by atoms with van der Waals surface area (Å²) in [6.07, 6.45) is 4.07. The van der Waals surface area contributed by atoms with Crippen LogP contribution >= 0.6 is 0 Å². The molecule has 0 aliphatic rings. The third kappa shape index (κ3) is 1.53. The molecule has 0 bridgehead atoms. The van der Waals surface area contributed by atoms with Crippen LogP contribution in [0.25, 0.3) is 0 Å². The Morgan fingerprint density at radius 3 is 1.89 bits per heavy atom. The molecule has 1 aromatic rings. The van der Waals surface area contributed by atoms with Crippen LogP contribution in [0.2, 0.25) is 0 Å². The van der Waals surface area contributed by atoms with Crippen LogP contribution in [0.15, 0.2) is 30.6 Å². The minimum atomic E-state index is 1.29. The molecule has 0 unspecified atom stereocenters. The molecule has 0 atom stereocenters. The first-order valence-corrected chi connectivity index (χ1v) is 3.07. The lowest BCUT2D eigenvalue weighted by molar-refractivity contribution is -0.654. The second-order valence-corrected chi connectivity index (χ2v) is 2.23. The second-order valence-electron chi connectivity index (χ2n) is 2.23. The topological polar surface area (TPSA) is 3.88 Å². The van der Waals surface area contributed by atoms with Crippen molar-refractivity contribution in [2.24, 2.45) is 0 Å². The fraction of sp³-hybridized carbons (Fsp3) is 0.250. The van der Waals surface area contributed by atoms with Crippen molar-refractivity contribution in [1.82, 2.24) is 0 Å². The maximum atomic E-state index is 2.08. The highest BCUT2D eigenvalue weighted by atomic mass is 15.0. The molecule has 0 aliphatic carbocycles. The summed E-state index contributed by atoms with van der Waals surface area (Å²) in [7, 11) is 0. The number of rotatable bonds is 1. The van der Waals surface area contributed by atoms with Gasteiger partial charge in [-0.1, -0.05) is 6.07 Å². The van der Waals surface area contributed by atoms with Crippen LogP contribution in [0.5, 0.6) is 0 Å². The molecule has 0 saturated heterocycles. The van der Waals surface area contributed by atoms with E-state index in [9.17, 15) is 0 Å². The van der Waals surface area contributed by atoms with E-state index in [1.165, 1.54) is 6.04 Å². The van der Waals surface area contributed by atoms with Gasteiger partial charge >= 0.3 is 0 Å². The Labute approximate surface area is 56.0 Å².